The fraction of sp³-hybridized carbons (Fsp3) is 0.929. The number of carbonyl (C=O) groups is 1. The highest BCUT2D eigenvalue weighted by Gasteiger charge is 2.36. The maximum absolute atomic E-state index is 12.3. The van der Waals surface area contributed by atoms with E-state index in [1.165, 1.54) is 19.3 Å². The van der Waals surface area contributed by atoms with Crippen LogP contribution in [-0.2, 0) is 9.53 Å². The fourth-order valence-electron chi connectivity index (χ4n) is 2.91. The minimum Gasteiger partial charge on any atom is -0.381 e. The van der Waals surface area contributed by atoms with Gasteiger partial charge in [-0.3, -0.25) is 4.79 Å². The molecule has 19 heavy (non-hydrogen) atoms. The van der Waals surface area contributed by atoms with Gasteiger partial charge in [-0.1, -0.05) is 6.42 Å². The van der Waals surface area contributed by atoms with Gasteiger partial charge in [0.25, 0.3) is 0 Å². The van der Waals surface area contributed by atoms with Gasteiger partial charge in [-0.05, 0) is 45.7 Å². The van der Waals surface area contributed by atoms with Crippen LogP contribution < -0.4 is 11.1 Å². The molecule has 0 radical (unpaired) electrons. The summed E-state index contributed by atoms with van der Waals surface area (Å²) in [6, 6.07) is 0.161. The highest BCUT2D eigenvalue weighted by atomic mass is 16.5. The third kappa shape index (κ3) is 4.16. The van der Waals surface area contributed by atoms with Crippen LogP contribution >= 0.6 is 0 Å². The Balaban J connectivity index is 1.77. The lowest BCUT2D eigenvalue weighted by Crippen LogP contribution is -2.59. The number of amides is 1. The summed E-state index contributed by atoms with van der Waals surface area (Å²) in [5.41, 5.74) is 5.45. The van der Waals surface area contributed by atoms with Gasteiger partial charge >= 0.3 is 0 Å². The number of piperidine rings is 1. The number of nitrogens with one attached hydrogen (secondary N) is 1. The molecule has 2 heterocycles. The minimum absolute atomic E-state index is 0.0136. The molecule has 2 aliphatic heterocycles. The molecule has 2 rings (SSSR count). The van der Waals surface area contributed by atoms with Crippen LogP contribution in [-0.4, -0.2) is 55.2 Å². The molecular weight excluding hydrogens is 242 g/mol. The first-order chi connectivity index (χ1) is 9.10. The first-order valence-electron chi connectivity index (χ1n) is 7.50. The Bertz CT molecular complexity index is 297. The summed E-state index contributed by atoms with van der Waals surface area (Å²) in [5, 5.41) is 3.08. The number of ether oxygens (including phenoxy) is 1. The third-order valence-electron chi connectivity index (χ3n) is 4.20. The Morgan fingerprint density at radius 1 is 1.32 bits per heavy atom. The molecule has 0 aromatic rings. The van der Waals surface area contributed by atoms with Crippen molar-refractivity contribution in [3.05, 3.63) is 0 Å². The van der Waals surface area contributed by atoms with Crippen LogP contribution in [0.5, 0.6) is 0 Å². The van der Waals surface area contributed by atoms with Crippen molar-refractivity contribution < 1.29 is 9.53 Å². The van der Waals surface area contributed by atoms with Crippen molar-refractivity contribution in [3.63, 3.8) is 0 Å². The smallest absolute Gasteiger partial charge is 0.240 e. The Hall–Kier alpha value is -0.650. The molecule has 110 valence electrons. The summed E-state index contributed by atoms with van der Waals surface area (Å²) in [5.74, 6) is -0.0136. The predicted molar refractivity (Wildman–Crippen MR) is 74.9 cm³/mol. The SMILES string of the molecule is CC(CN1CCCCC1)NC(=O)C1(N)CCOCC1. The van der Waals surface area contributed by atoms with Crippen LogP contribution in [0.2, 0.25) is 0 Å². The van der Waals surface area contributed by atoms with E-state index in [-0.39, 0.29) is 11.9 Å². The van der Waals surface area contributed by atoms with E-state index in [4.69, 9.17) is 10.5 Å². The lowest BCUT2D eigenvalue weighted by Gasteiger charge is -2.34. The van der Waals surface area contributed by atoms with Gasteiger partial charge in [-0.2, -0.15) is 0 Å². The number of likely N-dealkylation sites (tertiary alicyclic amines) is 1. The van der Waals surface area contributed by atoms with Crippen LogP contribution in [0.25, 0.3) is 0 Å². The van der Waals surface area contributed by atoms with E-state index in [0.29, 0.717) is 26.1 Å². The quantitative estimate of drug-likeness (QED) is 0.779. The summed E-state index contributed by atoms with van der Waals surface area (Å²) in [6.07, 6.45) is 5.13. The fourth-order valence-corrected chi connectivity index (χ4v) is 2.91. The highest BCUT2D eigenvalue weighted by molar-refractivity contribution is 5.86. The molecule has 0 aliphatic carbocycles. The Morgan fingerprint density at radius 2 is 1.95 bits per heavy atom. The molecule has 2 fully saturated rings. The van der Waals surface area contributed by atoms with Gasteiger partial charge in [-0.15, -0.1) is 0 Å². The zero-order chi connectivity index (χ0) is 13.7. The summed E-state index contributed by atoms with van der Waals surface area (Å²) >= 11 is 0. The van der Waals surface area contributed by atoms with Crippen LogP contribution in [0, 0.1) is 0 Å². The van der Waals surface area contributed by atoms with Crippen molar-refractivity contribution in [2.45, 2.75) is 50.6 Å². The Kier molecular flexibility index (Phi) is 5.19. The molecule has 2 saturated heterocycles. The van der Waals surface area contributed by atoms with Crippen LogP contribution in [0.15, 0.2) is 0 Å². The van der Waals surface area contributed by atoms with Crippen molar-refractivity contribution >= 4 is 5.91 Å². The first kappa shape index (κ1) is 14.8. The molecule has 1 amide bonds. The average molecular weight is 269 g/mol. The normalized spacial score (nSPS) is 25.8. The van der Waals surface area contributed by atoms with Crippen molar-refractivity contribution in [3.8, 4) is 0 Å². The predicted octanol–water partition coefficient (Wildman–Crippen LogP) is 0.485. The molecule has 2 aliphatic rings. The molecule has 5 heteroatoms. The number of rotatable bonds is 4. The number of nitrogens with two attached hydrogens (primary N) is 1. The first-order valence-corrected chi connectivity index (χ1v) is 7.50. The molecule has 1 atom stereocenters. The Morgan fingerprint density at radius 3 is 2.58 bits per heavy atom. The van der Waals surface area contributed by atoms with Crippen LogP contribution in [0.4, 0.5) is 0 Å². The third-order valence-corrected chi connectivity index (χ3v) is 4.20. The van der Waals surface area contributed by atoms with E-state index < -0.39 is 5.54 Å². The van der Waals surface area contributed by atoms with Gasteiger partial charge in [0.15, 0.2) is 0 Å². The van der Waals surface area contributed by atoms with Gasteiger partial charge in [0.2, 0.25) is 5.91 Å². The number of nitrogens with zero attached hydrogens (tertiary/aromatic N) is 1. The van der Waals surface area contributed by atoms with Crippen molar-refractivity contribution in [1.82, 2.24) is 10.2 Å². The molecule has 5 nitrogen and oxygen atoms in total. The molecule has 0 bridgehead atoms. The molecule has 0 spiro atoms. The molecule has 1 unspecified atom stereocenters. The average Bonchev–Trinajstić information content (AvgIpc) is 2.40. The molecule has 3 N–H and O–H groups in total. The molecular formula is C14H27N3O2. The number of hydrogen-bond donors (Lipinski definition) is 2. The van der Waals surface area contributed by atoms with E-state index in [9.17, 15) is 4.79 Å². The lowest BCUT2D eigenvalue weighted by atomic mass is 9.90. The highest BCUT2D eigenvalue weighted by Crippen LogP contribution is 2.18. The number of carbonyl (C=O) groups excluding carboxylic acids is 1. The van der Waals surface area contributed by atoms with Crippen LogP contribution in [0.1, 0.15) is 39.0 Å². The number of hydrogen-bond acceptors (Lipinski definition) is 4. The molecule has 0 aromatic carbocycles. The van der Waals surface area contributed by atoms with Crippen molar-refractivity contribution in [2.75, 3.05) is 32.8 Å². The van der Waals surface area contributed by atoms with Gasteiger partial charge < -0.3 is 20.7 Å². The lowest BCUT2D eigenvalue weighted by molar-refractivity contribution is -0.130. The zero-order valence-electron chi connectivity index (χ0n) is 12.0. The summed E-state index contributed by atoms with van der Waals surface area (Å²) in [6.45, 7) is 6.48. The monoisotopic (exact) mass is 269 g/mol. The topological polar surface area (TPSA) is 67.6 Å². The van der Waals surface area contributed by atoms with E-state index >= 15 is 0 Å². The Labute approximate surface area is 115 Å². The van der Waals surface area contributed by atoms with E-state index in [1.54, 1.807) is 0 Å². The summed E-state index contributed by atoms with van der Waals surface area (Å²) < 4.78 is 5.27. The van der Waals surface area contributed by atoms with Gasteiger partial charge in [-0.25, -0.2) is 0 Å². The second-order valence-electron chi connectivity index (χ2n) is 6.00. The second kappa shape index (κ2) is 6.68. The van der Waals surface area contributed by atoms with Crippen molar-refractivity contribution in [1.29, 1.82) is 0 Å². The van der Waals surface area contributed by atoms with Gasteiger partial charge in [0.1, 0.15) is 0 Å². The van der Waals surface area contributed by atoms with Gasteiger partial charge in [0, 0.05) is 25.8 Å². The standard InChI is InChI=1S/C14H27N3O2/c1-12(11-17-7-3-2-4-8-17)16-13(18)14(15)5-9-19-10-6-14/h12H,2-11,15H2,1H3,(H,16,18). The largest absolute Gasteiger partial charge is 0.381 e. The summed E-state index contributed by atoms with van der Waals surface area (Å²) in [7, 11) is 0. The minimum atomic E-state index is -0.728. The van der Waals surface area contributed by atoms with E-state index in [1.807, 2.05) is 0 Å². The summed E-state index contributed by atoms with van der Waals surface area (Å²) in [4.78, 5) is 14.7. The molecule has 0 aromatic heterocycles. The second-order valence-corrected chi connectivity index (χ2v) is 6.00. The van der Waals surface area contributed by atoms with Gasteiger partial charge in [0.05, 0.1) is 5.54 Å². The maximum atomic E-state index is 12.3. The zero-order valence-corrected chi connectivity index (χ0v) is 12.0. The van der Waals surface area contributed by atoms with Crippen molar-refractivity contribution in [2.24, 2.45) is 5.73 Å². The van der Waals surface area contributed by atoms with Crippen LogP contribution in [0.3, 0.4) is 0 Å². The molecule has 0 saturated carbocycles. The maximum Gasteiger partial charge on any atom is 0.240 e. The van der Waals surface area contributed by atoms with E-state index in [0.717, 1.165) is 19.6 Å². The van der Waals surface area contributed by atoms with E-state index in [2.05, 4.69) is 17.1 Å².